The number of nitrogens with zero attached hydrogens (tertiary/aromatic N) is 1. The first kappa shape index (κ1) is 18.6. The maximum atomic E-state index is 12.1. The smallest absolute Gasteiger partial charge is 0.307 e. The van der Waals surface area contributed by atoms with Gasteiger partial charge in [-0.25, -0.2) is 0 Å². The van der Waals surface area contributed by atoms with E-state index in [1.807, 2.05) is 30.3 Å². The van der Waals surface area contributed by atoms with Gasteiger partial charge in [-0.2, -0.15) is 0 Å². The van der Waals surface area contributed by atoms with E-state index in [1.54, 1.807) is 0 Å². The molecule has 126 valence electrons. The van der Waals surface area contributed by atoms with Crippen molar-refractivity contribution in [3.05, 3.63) is 35.9 Å². The molecule has 7 N–H and O–H groups in total. The van der Waals surface area contributed by atoms with Crippen LogP contribution in [0.25, 0.3) is 0 Å². The summed E-state index contributed by atoms with van der Waals surface area (Å²) in [5.41, 5.74) is 17.1. The molecule has 0 bridgehead atoms. The van der Waals surface area contributed by atoms with Gasteiger partial charge in [-0.15, -0.1) is 0 Å². The highest BCUT2D eigenvalue weighted by atomic mass is 16.4. The van der Waals surface area contributed by atoms with Crippen LogP contribution in [0.1, 0.15) is 24.8 Å². The molecule has 0 aliphatic rings. The second-order valence-corrected chi connectivity index (χ2v) is 5.45. The van der Waals surface area contributed by atoms with Crippen molar-refractivity contribution in [1.82, 2.24) is 0 Å². The maximum absolute atomic E-state index is 12.1. The lowest BCUT2D eigenvalue weighted by atomic mass is 9.91. The summed E-state index contributed by atoms with van der Waals surface area (Å²) in [6.45, 7) is 0.398. The van der Waals surface area contributed by atoms with Gasteiger partial charge >= 0.3 is 5.97 Å². The fourth-order valence-corrected chi connectivity index (χ4v) is 2.22. The largest absolute Gasteiger partial charge is 0.481 e. The summed E-state index contributed by atoms with van der Waals surface area (Å²) in [6.07, 6.45) is 1.23. The number of aliphatic imine (C=N–C) groups is 1. The number of carbonyl (C=O) groups excluding carboxylic acids is 1. The molecule has 0 saturated heterocycles. The Morgan fingerprint density at radius 2 is 1.83 bits per heavy atom. The van der Waals surface area contributed by atoms with Crippen molar-refractivity contribution in [3.63, 3.8) is 0 Å². The van der Waals surface area contributed by atoms with Crippen molar-refractivity contribution in [2.75, 3.05) is 6.54 Å². The number of carboxylic acid groups (broad SMARTS) is 1. The van der Waals surface area contributed by atoms with E-state index < -0.39 is 17.9 Å². The van der Waals surface area contributed by atoms with Crippen LogP contribution in [0, 0.1) is 5.92 Å². The Bertz CT molecular complexity index is 542. The monoisotopic (exact) mass is 320 g/mol. The van der Waals surface area contributed by atoms with Crippen molar-refractivity contribution in [2.24, 2.45) is 28.1 Å². The molecule has 1 aromatic carbocycles. The van der Waals surface area contributed by atoms with Crippen molar-refractivity contribution < 1.29 is 14.7 Å². The minimum atomic E-state index is -0.991. The van der Waals surface area contributed by atoms with Gasteiger partial charge < -0.3 is 22.3 Å². The third-order valence-corrected chi connectivity index (χ3v) is 3.50. The summed E-state index contributed by atoms with van der Waals surface area (Å²) >= 11 is 0. The first-order chi connectivity index (χ1) is 10.9. The van der Waals surface area contributed by atoms with Crippen LogP contribution in [0.15, 0.2) is 35.3 Å². The van der Waals surface area contributed by atoms with E-state index in [1.165, 1.54) is 0 Å². The molecule has 7 heteroatoms. The van der Waals surface area contributed by atoms with E-state index in [0.29, 0.717) is 25.8 Å². The fraction of sp³-hybridized carbons (Fsp3) is 0.438. The zero-order valence-electron chi connectivity index (χ0n) is 13.0. The van der Waals surface area contributed by atoms with Gasteiger partial charge in [0, 0.05) is 13.0 Å². The molecule has 0 amide bonds. The van der Waals surface area contributed by atoms with E-state index in [-0.39, 0.29) is 18.2 Å². The second-order valence-electron chi connectivity index (χ2n) is 5.45. The average molecular weight is 320 g/mol. The summed E-state index contributed by atoms with van der Waals surface area (Å²) in [7, 11) is 0. The van der Waals surface area contributed by atoms with Gasteiger partial charge in [-0.3, -0.25) is 14.6 Å². The van der Waals surface area contributed by atoms with Gasteiger partial charge in [0.05, 0.1) is 12.0 Å². The number of aliphatic carboxylic acids is 1. The maximum Gasteiger partial charge on any atom is 0.307 e. The Balaban J connectivity index is 2.50. The predicted molar refractivity (Wildman–Crippen MR) is 88.8 cm³/mol. The number of hydrogen-bond donors (Lipinski definition) is 4. The summed E-state index contributed by atoms with van der Waals surface area (Å²) < 4.78 is 0. The zero-order chi connectivity index (χ0) is 17.2. The molecule has 7 nitrogen and oxygen atoms in total. The Hall–Kier alpha value is -2.41. The molecule has 0 aliphatic carbocycles. The summed E-state index contributed by atoms with van der Waals surface area (Å²) in [6, 6.07) is 8.53. The molecule has 1 unspecified atom stereocenters. The molecule has 0 aliphatic heterocycles. The topological polar surface area (TPSA) is 145 Å². The molecule has 2 atom stereocenters. The lowest BCUT2D eigenvalue weighted by Crippen LogP contribution is -2.34. The third-order valence-electron chi connectivity index (χ3n) is 3.50. The predicted octanol–water partition coefficient (Wildman–Crippen LogP) is 0.270. The van der Waals surface area contributed by atoms with Crippen molar-refractivity contribution in [3.8, 4) is 0 Å². The number of rotatable bonds is 10. The van der Waals surface area contributed by atoms with Crippen LogP contribution in [0.2, 0.25) is 0 Å². The normalized spacial score (nSPS) is 13.1. The lowest BCUT2D eigenvalue weighted by Gasteiger charge is -2.15. The molecule has 23 heavy (non-hydrogen) atoms. The van der Waals surface area contributed by atoms with Crippen LogP contribution in [0.3, 0.4) is 0 Å². The van der Waals surface area contributed by atoms with Crippen molar-refractivity contribution in [1.29, 1.82) is 0 Å². The Labute approximate surface area is 135 Å². The van der Waals surface area contributed by atoms with E-state index in [0.717, 1.165) is 5.56 Å². The van der Waals surface area contributed by atoms with Crippen LogP contribution >= 0.6 is 0 Å². The Morgan fingerprint density at radius 1 is 1.17 bits per heavy atom. The summed E-state index contributed by atoms with van der Waals surface area (Å²) in [5.74, 6) is -2.01. The number of ketones is 1. The van der Waals surface area contributed by atoms with Gasteiger partial charge in [0.1, 0.15) is 5.78 Å². The van der Waals surface area contributed by atoms with Crippen LogP contribution in [-0.2, 0) is 16.0 Å². The molecular formula is C16H24N4O3. The van der Waals surface area contributed by atoms with Gasteiger partial charge in [0.25, 0.3) is 0 Å². The molecule has 0 radical (unpaired) electrons. The quantitative estimate of drug-likeness (QED) is 0.276. The van der Waals surface area contributed by atoms with Gasteiger partial charge in [0.2, 0.25) is 0 Å². The van der Waals surface area contributed by atoms with Gasteiger partial charge in [0.15, 0.2) is 5.96 Å². The van der Waals surface area contributed by atoms with Crippen molar-refractivity contribution in [2.45, 2.75) is 31.7 Å². The van der Waals surface area contributed by atoms with Gasteiger partial charge in [-0.05, 0) is 24.8 Å². The first-order valence-corrected chi connectivity index (χ1v) is 7.50. The molecule has 1 rings (SSSR count). The highest BCUT2D eigenvalue weighted by Crippen LogP contribution is 2.15. The van der Waals surface area contributed by atoms with Crippen LogP contribution in [0.5, 0.6) is 0 Å². The SMILES string of the molecule is NC(N)=NCCC[C@H](N)C(=O)CC(Cc1ccccc1)C(=O)O. The van der Waals surface area contributed by atoms with E-state index in [9.17, 15) is 14.7 Å². The Morgan fingerprint density at radius 3 is 2.39 bits per heavy atom. The van der Waals surface area contributed by atoms with Gasteiger partial charge in [-0.1, -0.05) is 30.3 Å². The molecular weight excluding hydrogens is 296 g/mol. The van der Waals surface area contributed by atoms with Crippen LogP contribution in [0.4, 0.5) is 0 Å². The minimum absolute atomic E-state index is 0.00120. The molecule has 0 heterocycles. The molecule has 0 fully saturated rings. The number of nitrogens with two attached hydrogens (primary N) is 3. The van der Waals surface area contributed by atoms with E-state index in [2.05, 4.69) is 4.99 Å². The number of carbonyl (C=O) groups is 2. The zero-order valence-corrected chi connectivity index (χ0v) is 13.0. The van der Waals surface area contributed by atoms with Crippen LogP contribution < -0.4 is 17.2 Å². The molecule has 1 aromatic rings. The fourth-order valence-electron chi connectivity index (χ4n) is 2.22. The molecule has 0 spiro atoms. The first-order valence-electron chi connectivity index (χ1n) is 7.50. The number of benzene rings is 1. The number of guanidine groups is 1. The number of hydrogen-bond acceptors (Lipinski definition) is 4. The summed E-state index contributed by atoms with van der Waals surface area (Å²) in [4.78, 5) is 27.3. The highest BCUT2D eigenvalue weighted by molar-refractivity contribution is 5.87. The minimum Gasteiger partial charge on any atom is -0.481 e. The Kier molecular flexibility index (Phi) is 7.76. The molecule has 0 aromatic heterocycles. The number of Topliss-reactive ketones (excluding diaryl/α,β-unsaturated/α-hetero) is 1. The molecule has 0 saturated carbocycles. The average Bonchev–Trinajstić information content (AvgIpc) is 2.51. The lowest BCUT2D eigenvalue weighted by molar-refractivity contribution is -0.143. The third kappa shape index (κ3) is 7.42. The second kappa shape index (κ2) is 9.58. The number of carboxylic acids is 1. The van der Waals surface area contributed by atoms with E-state index in [4.69, 9.17) is 17.2 Å². The van der Waals surface area contributed by atoms with E-state index >= 15 is 0 Å². The van der Waals surface area contributed by atoms with Crippen LogP contribution in [-0.4, -0.2) is 35.4 Å². The summed E-state index contributed by atoms with van der Waals surface area (Å²) in [5, 5.41) is 9.30. The highest BCUT2D eigenvalue weighted by Gasteiger charge is 2.24. The van der Waals surface area contributed by atoms with Crippen molar-refractivity contribution >= 4 is 17.7 Å². The standard InChI is InChI=1S/C16H24N4O3/c17-13(7-4-8-20-16(18)19)14(21)10-12(15(22)23)9-11-5-2-1-3-6-11/h1-3,5-6,12-13H,4,7-10,17H2,(H,22,23)(H4,18,19,20)/t12?,13-/m0/s1.